The summed E-state index contributed by atoms with van der Waals surface area (Å²) >= 11 is 0. The van der Waals surface area contributed by atoms with E-state index in [-0.39, 0.29) is 17.3 Å². The molecule has 7 nitrogen and oxygen atoms in total. The number of hydrogen-bond acceptors (Lipinski definition) is 6. The van der Waals surface area contributed by atoms with Crippen LogP contribution in [0.15, 0.2) is 60.7 Å². The van der Waals surface area contributed by atoms with Crippen molar-refractivity contribution in [2.45, 2.75) is 45.6 Å². The van der Waals surface area contributed by atoms with Crippen molar-refractivity contribution in [3.63, 3.8) is 0 Å². The summed E-state index contributed by atoms with van der Waals surface area (Å²) in [5, 5.41) is 2.96. The zero-order chi connectivity index (χ0) is 26.9. The normalized spacial score (nSPS) is 17.1. The van der Waals surface area contributed by atoms with E-state index < -0.39 is 5.60 Å². The van der Waals surface area contributed by atoms with Gasteiger partial charge in [-0.2, -0.15) is 0 Å². The molecule has 1 amide bonds. The Bertz CT molecular complexity index is 1380. The summed E-state index contributed by atoms with van der Waals surface area (Å²) in [6.07, 6.45) is 2.04. The first-order valence-corrected chi connectivity index (χ1v) is 12.9. The standard InChI is InChI=1S/C31H33NO6/c1-30(2,3)15-14-28(33)32-16-7-17-36-21-11-13-25-27(19-21)37-26-18-20(35-4)10-12-24(26)31(25)23-9-6-5-8-22(23)29(34)38-31/h5-6,8-13,18-19H,7,14-17H2,1-4H3,(H,32,33). The van der Waals surface area contributed by atoms with E-state index in [1.807, 2.05) is 48.5 Å². The largest absolute Gasteiger partial charge is 0.497 e. The Morgan fingerprint density at radius 3 is 2.34 bits per heavy atom. The van der Waals surface area contributed by atoms with Crippen molar-refractivity contribution in [2.24, 2.45) is 5.41 Å². The monoisotopic (exact) mass is 515 g/mol. The molecule has 0 saturated carbocycles. The fourth-order valence-electron chi connectivity index (χ4n) is 4.92. The summed E-state index contributed by atoms with van der Waals surface area (Å²) < 4.78 is 23.9. The Balaban J connectivity index is 1.35. The second-order valence-electron chi connectivity index (χ2n) is 10.9. The van der Waals surface area contributed by atoms with E-state index >= 15 is 0 Å². The molecule has 5 rings (SSSR count). The maximum atomic E-state index is 12.9. The zero-order valence-corrected chi connectivity index (χ0v) is 22.3. The molecular weight excluding hydrogens is 482 g/mol. The predicted octanol–water partition coefficient (Wildman–Crippen LogP) is 5.97. The number of rotatable bonds is 8. The SMILES string of the molecule is COc1ccc2c(c1)Oc1cc(OCCCNC(=O)CCC(C)(C)C)ccc1C21OC(=O)c2ccccc21. The highest BCUT2D eigenvalue weighted by Crippen LogP contribution is 2.57. The molecule has 1 unspecified atom stereocenters. The number of hydrogen-bond donors (Lipinski definition) is 1. The fourth-order valence-corrected chi connectivity index (χ4v) is 4.92. The molecule has 0 aliphatic carbocycles. The van der Waals surface area contributed by atoms with Gasteiger partial charge in [-0.3, -0.25) is 4.79 Å². The van der Waals surface area contributed by atoms with Crippen LogP contribution in [0, 0.1) is 5.41 Å². The van der Waals surface area contributed by atoms with Crippen LogP contribution in [0.25, 0.3) is 0 Å². The first-order chi connectivity index (χ1) is 18.2. The van der Waals surface area contributed by atoms with Crippen LogP contribution in [-0.2, 0) is 15.1 Å². The topological polar surface area (TPSA) is 83.1 Å². The van der Waals surface area contributed by atoms with Gasteiger partial charge in [0.2, 0.25) is 5.91 Å². The number of ether oxygens (including phenoxy) is 4. The molecule has 0 radical (unpaired) electrons. The van der Waals surface area contributed by atoms with E-state index in [0.717, 1.165) is 23.1 Å². The van der Waals surface area contributed by atoms with Gasteiger partial charge in [0, 0.05) is 41.8 Å². The number of carbonyl (C=O) groups is 2. The molecule has 38 heavy (non-hydrogen) atoms. The number of nitrogens with one attached hydrogen (secondary N) is 1. The molecule has 3 aromatic carbocycles. The van der Waals surface area contributed by atoms with Crippen LogP contribution < -0.4 is 19.5 Å². The summed E-state index contributed by atoms with van der Waals surface area (Å²) in [5.74, 6) is 2.05. The smallest absolute Gasteiger partial charge is 0.340 e. The molecule has 0 saturated heterocycles. The van der Waals surface area contributed by atoms with E-state index in [4.69, 9.17) is 18.9 Å². The maximum absolute atomic E-state index is 12.9. The number of benzene rings is 3. The van der Waals surface area contributed by atoms with Gasteiger partial charge in [0.05, 0.1) is 19.3 Å². The Labute approximate surface area is 223 Å². The Morgan fingerprint density at radius 1 is 0.947 bits per heavy atom. The number of methoxy groups -OCH3 is 1. The van der Waals surface area contributed by atoms with Gasteiger partial charge < -0.3 is 24.3 Å². The molecule has 2 heterocycles. The molecule has 3 aromatic rings. The van der Waals surface area contributed by atoms with Gasteiger partial charge in [-0.05, 0) is 48.6 Å². The van der Waals surface area contributed by atoms with E-state index in [0.29, 0.717) is 54.6 Å². The van der Waals surface area contributed by atoms with Crippen LogP contribution in [0.2, 0.25) is 0 Å². The minimum absolute atomic E-state index is 0.0629. The number of carbonyl (C=O) groups excluding carboxylic acids is 2. The summed E-state index contributed by atoms with van der Waals surface area (Å²) in [4.78, 5) is 25.0. The quantitative estimate of drug-likeness (QED) is 0.294. The van der Waals surface area contributed by atoms with E-state index in [9.17, 15) is 9.59 Å². The summed E-state index contributed by atoms with van der Waals surface area (Å²) in [7, 11) is 1.60. The van der Waals surface area contributed by atoms with Gasteiger partial charge in [0.1, 0.15) is 23.0 Å². The van der Waals surface area contributed by atoms with Gasteiger partial charge in [-0.1, -0.05) is 39.0 Å². The maximum Gasteiger partial charge on any atom is 0.340 e. The van der Waals surface area contributed by atoms with Crippen LogP contribution in [0.5, 0.6) is 23.0 Å². The Hall–Kier alpha value is -4.00. The molecule has 2 aliphatic heterocycles. The number of amides is 1. The Kier molecular flexibility index (Phi) is 6.78. The molecule has 1 spiro atoms. The van der Waals surface area contributed by atoms with E-state index in [1.54, 1.807) is 19.2 Å². The van der Waals surface area contributed by atoms with Crippen molar-refractivity contribution in [1.82, 2.24) is 5.32 Å². The van der Waals surface area contributed by atoms with Crippen molar-refractivity contribution < 1.29 is 28.5 Å². The number of fused-ring (bicyclic) bond motifs is 6. The molecule has 1 atom stereocenters. The zero-order valence-electron chi connectivity index (χ0n) is 22.3. The van der Waals surface area contributed by atoms with Gasteiger partial charge in [0.25, 0.3) is 0 Å². The Morgan fingerprint density at radius 2 is 1.63 bits per heavy atom. The minimum Gasteiger partial charge on any atom is -0.497 e. The molecule has 0 bridgehead atoms. The fraction of sp³-hybridized carbons (Fsp3) is 0.355. The lowest BCUT2D eigenvalue weighted by atomic mass is 9.77. The summed E-state index contributed by atoms with van der Waals surface area (Å²) in [6.45, 7) is 7.37. The highest BCUT2D eigenvalue weighted by atomic mass is 16.6. The van der Waals surface area contributed by atoms with Gasteiger partial charge in [0.15, 0.2) is 5.60 Å². The molecule has 198 valence electrons. The second kappa shape index (κ2) is 10.0. The lowest BCUT2D eigenvalue weighted by Gasteiger charge is -2.36. The lowest BCUT2D eigenvalue weighted by molar-refractivity contribution is -0.121. The van der Waals surface area contributed by atoms with Crippen LogP contribution >= 0.6 is 0 Å². The molecule has 2 aliphatic rings. The van der Waals surface area contributed by atoms with E-state index in [2.05, 4.69) is 26.1 Å². The first kappa shape index (κ1) is 25.6. The highest BCUT2D eigenvalue weighted by molar-refractivity contribution is 5.97. The lowest BCUT2D eigenvalue weighted by Crippen LogP contribution is -2.33. The second-order valence-corrected chi connectivity index (χ2v) is 10.9. The van der Waals surface area contributed by atoms with Gasteiger partial charge in [-0.15, -0.1) is 0 Å². The summed E-state index contributed by atoms with van der Waals surface area (Å²) in [5.41, 5.74) is 1.78. The van der Waals surface area contributed by atoms with Crippen molar-refractivity contribution in [1.29, 1.82) is 0 Å². The van der Waals surface area contributed by atoms with Crippen molar-refractivity contribution >= 4 is 11.9 Å². The van der Waals surface area contributed by atoms with Crippen molar-refractivity contribution in [3.05, 3.63) is 82.9 Å². The van der Waals surface area contributed by atoms with Crippen LogP contribution in [0.3, 0.4) is 0 Å². The predicted molar refractivity (Wildman–Crippen MR) is 143 cm³/mol. The third-order valence-corrected chi connectivity index (χ3v) is 6.91. The van der Waals surface area contributed by atoms with Crippen molar-refractivity contribution in [2.75, 3.05) is 20.3 Å². The molecule has 7 heteroatoms. The van der Waals surface area contributed by atoms with Gasteiger partial charge >= 0.3 is 5.97 Å². The molecular formula is C31H33NO6. The number of esters is 1. The van der Waals surface area contributed by atoms with E-state index in [1.165, 1.54) is 0 Å². The molecule has 0 fully saturated rings. The third-order valence-electron chi connectivity index (χ3n) is 6.91. The average molecular weight is 516 g/mol. The third kappa shape index (κ3) is 4.80. The molecule has 1 N–H and O–H groups in total. The average Bonchev–Trinajstić information content (AvgIpc) is 3.19. The molecule has 0 aromatic heterocycles. The summed E-state index contributed by atoms with van der Waals surface area (Å²) in [6, 6.07) is 18.5. The van der Waals surface area contributed by atoms with Gasteiger partial charge in [-0.25, -0.2) is 4.79 Å². The van der Waals surface area contributed by atoms with Crippen LogP contribution in [-0.4, -0.2) is 32.1 Å². The first-order valence-electron chi connectivity index (χ1n) is 12.9. The van der Waals surface area contributed by atoms with Crippen molar-refractivity contribution in [3.8, 4) is 23.0 Å². The highest BCUT2D eigenvalue weighted by Gasteiger charge is 2.53. The van der Waals surface area contributed by atoms with Crippen LogP contribution in [0.4, 0.5) is 0 Å². The van der Waals surface area contributed by atoms with Crippen LogP contribution in [0.1, 0.15) is 67.1 Å². The minimum atomic E-state index is -1.13.